The summed E-state index contributed by atoms with van der Waals surface area (Å²) in [7, 11) is 1.79. The van der Waals surface area contributed by atoms with Crippen LogP contribution in [0.25, 0.3) is 0 Å². The van der Waals surface area contributed by atoms with Gasteiger partial charge in [-0.05, 0) is 43.9 Å². The largest absolute Gasteiger partial charge is 0.345 e. The third-order valence-electron chi connectivity index (χ3n) is 4.06. The van der Waals surface area contributed by atoms with Crippen molar-refractivity contribution in [1.82, 2.24) is 4.90 Å². The molecule has 1 aliphatic carbocycles. The van der Waals surface area contributed by atoms with Crippen LogP contribution in [0.4, 0.5) is 5.69 Å². The number of anilines is 1. The Balaban J connectivity index is 2.02. The van der Waals surface area contributed by atoms with Crippen molar-refractivity contribution in [2.75, 3.05) is 18.9 Å². The second-order valence-electron chi connectivity index (χ2n) is 5.99. The molecule has 1 N–H and O–H groups in total. The van der Waals surface area contributed by atoms with Gasteiger partial charge in [0.2, 0.25) is 11.8 Å². The van der Waals surface area contributed by atoms with Gasteiger partial charge < -0.3 is 10.2 Å². The minimum atomic E-state index is -0.827. The summed E-state index contributed by atoms with van der Waals surface area (Å²) < 4.78 is 0. The second-order valence-corrected chi connectivity index (χ2v) is 5.99. The summed E-state index contributed by atoms with van der Waals surface area (Å²) in [5, 5.41) is 2.89. The first kappa shape index (κ1) is 15.5. The van der Waals surface area contributed by atoms with Gasteiger partial charge in [-0.1, -0.05) is 25.5 Å². The molecule has 1 aromatic rings. The Morgan fingerprint density at radius 2 is 2.05 bits per heavy atom. The lowest BCUT2D eigenvalue weighted by Crippen LogP contribution is -2.41. The number of unbranched alkanes of at least 4 members (excludes halogenated alkanes) is 1. The SMILES string of the molecule is CCCCN(C)C(=O)C1(C(=O)Nc2cccc(C)c2)CC1. The van der Waals surface area contributed by atoms with Crippen LogP contribution in [0.2, 0.25) is 0 Å². The molecule has 0 heterocycles. The number of rotatable bonds is 6. The zero-order valence-corrected chi connectivity index (χ0v) is 13.1. The highest BCUT2D eigenvalue weighted by Crippen LogP contribution is 2.48. The normalized spacial score (nSPS) is 15.4. The van der Waals surface area contributed by atoms with Gasteiger partial charge in [-0.3, -0.25) is 9.59 Å². The molecule has 114 valence electrons. The van der Waals surface area contributed by atoms with E-state index in [9.17, 15) is 9.59 Å². The Labute approximate surface area is 126 Å². The van der Waals surface area contributed by atoms with Crippen LogP contribution in [0.15, 0.2) is 24.3 Å². The Morgan fingerprint density at radius 3 is 2.62 bits per heavy atom. The maximum Gasteiger partial charge on any atom is 0.240 e. The van der Waals surface area contributed by atoms with Crippen molar-refractivity contribution in [3.63, 3.8) is 0 Å². The molecule has 0 saturated heterocycles. The highest BCUT2D eigenvalue weighted by atomic mass is 16.2. The first-order valence-electron chi connectivity index (χ1n) is 7.63. The van der Waals surface area contributed by atoms with Crippen molar-refractivity contribution < 1.29 is 9.59 Å². The average molecular weight is 288 g/mol. The van der Waals surface area contributed by atoms with Crippen molar-refractivity contribution >= 4 is 17.5 Å². The molecule has 2 amide bonds. The van der Waals surface area contributed by atoms with E-state index in [0.717, 1.165) is 30.6 Å². The molecule has 21 heavy (non-hydrogen) atoms. The lowest BCUT2D eigenvalue weighted by molar-refractivity contribution is -0.141. The fourth-order valence-corrected chi connectivity index (χ4v) is 2.50. The maximum atomic E-state index is 12.5. The van der Waals surface area contributed by atoms with Crippen LogP contribution in [0.3, 0.4) is 0 Å². The number of nitrogens with one attached hydrogen (secondary N) is 1. The Hall–Kier alpha value is -1.84. The molecule has 1 aromatic carbocycles. The van der Waals surface area contributed by atoms with Crippen LogP contribution >= 0.6 is 0 Å². The van der Waals surface area contributed by atoms with Crippen LogP contribution in [0.5, 0.6) is 0 Å². The van der Waals surface area contributed by atoms with Crippen LogP contribution in [0, 0.1) is 12.3 Å². The Kier molecular flexibility index (Phi) is 4.66. The minimum absolute atomic E-state index is 0.0406. The van der Waals surface area contributed by atoms with Crippen molar-refractivity contribution in [1.29, 1.82) is 0 Å². The van der Waals surface area contributed by atoms with Crippen molar-refractivity contribution in [2.24, 2.45) is 5.41 Å². The van der Waals surface area contributed by atoms with Gasteiger partial charge >= 0.3 is 0 Å². The van der Waals surface area contributed by atoms with Gasteiger partial charge in [-0.25, -0.2) is 0 Å². The minimum Gasteiger partial charge on any atom is -0.345 e. The standard InChI is InChI=1S/C17H24N2O2/c1-4-5-11-19(3)16(21)17(9-10-17)15(20)18-14-8-6-7-13(2)12-14/h6-8,12H,4-5,9-11H2,1-3H3,(H,18,20). The molecular weight excluding hydrogens is 264 g/mol. The van der Waals surface area contributed by atoms with E-state index in [4.69, 9.17) is 0 Å². The Bertz CT molecular complexity index is 535. The number of amides is 2. The lowest BCUT2D eigenvalue weighted by Gasteiger charge is -2.23. The number of hydrogen-bond acceptors (Lipinski definition) is 2. The molecule has 1 aliphatic rings. The van der Waals surface area contributed by atoms with E-state index in [2.05, 4.69) is 12.2 Å². The number of carbonyl (C=O) groups excluding carboxylic acids is 2. The second kappa shape index (κ2) is 6.29. The molecule has 4 nitrogen and oxygen atoms in total. The Morgan fingerprint density at radius 1 is 1.33 bits per heavy atom. The van der Waals surface area contributed by atoms with Gasteiger partial charge in [0, 0.05) is 19.3 Å². The fraction of sp³-hybridized carbons (Fsp3) is 0.529. The maximum absolute atomic E-state index is 12.5. The predicted molar refractivity (Wildman–Crippen MR) is 84.0 cm³/mol. The lowest BCUT2D eigenvalue weighted by atomic mass is 10.0. The van der Waals surface area contributed by atoms with Crippen LogP contribution in [-0.2, 0) is 9.59 Å². The number of nitrogens with zero attached hydrogens (tertiary/aromatic N) is 1. The number of aryl methyl sites for hydroxylation is 1. The molecule has 0 spiro atoms. The van der Waals surface area contributed by atoms with Crippen LogP contribution in [0.1, 0.15) is 38.2 Å². The van der Waals surface area contributed by atoms with Crippen molar-refractivity contribution in [2.45, 2.75) is 39.5 Å². The number of carbonyl (C=O) groups is 2. The molecule has 0 radical (unpaired) electrons. The van der Waals surface area contributed by atoms with Gasteiger partial charge in [0.15, 0.2) is 0 Å². The van der Waals surface area contributed by atoms with Crippen LogP contribution < -0.4 is 5.32 Å². The highest BCUT2D eigenvalue weighted by molar-refractivity contribution is 6.12. The van der Waals surface area contributed by atoms with E-state index >= 15 is 0 Å². The zero-order chi connectivity index (χ0) is 15.5. The fourth-order valence-electron chi connectivity index (χ4n) is 2.50. The van der Waals surface area contributed by atoms with E-state index in [1.165, 1.54) is 0 Å². The van der Waals surface area contributed by atoms with Gasteiger partial charge in [0.05, 0.1) is 0 Å². The summed E-state index contributed by atoms with van der Waals surface area (Å²) in [6.45, 7) is 4.79. The van der Waals surface area contributed by atoms with Gasteiger partial charge in [-0.15, -0.1) is 0 Å². The van der Waals surface area contributed by atoms with E-state index in [1.807, 2.05) is 31.2 Å². The van der Waals surface area contributed by atoms with Gasteiger partial charge in [-0.2, -0.15) is 0 Å². The quantitative estimate of drug-likeness (QED) is 0.818. The monoisotopic (exact) mass is 288 g/mol. The summed E-state index contributed by atoms with van der Waals surface area (Å²) in [5.74, 6) is -0.206. The topological polar surface area (TPSA) is 49.4 Å². The first-order chi connectivity index (χ1) is 9.99. The van der Waals surface area contributed by atoms with Gasteiger partial charge in [0.1, 0.15) is 5.41 Å². The molecule has 0 aliphatic heterocycles. The summed E-state index contributed by atoms with van der Waals surface area (Å²) in [6.07, 6.45) is 3.32. The smallest absolute Gasteiger partial charge is 0.240 e. The molecule has 0 aromatic heterocycles. The van der Waals surface area contributed by atoms with E-state index in [1.54, 1.807) is 11.9 Å². The zero-order valence-electron chi connectivity index (χ0n) is 13.1. The summed E-state index contributed by atoms with van der Waals surface area (Å²) in [6, 6.07) is 7.65. The molecule has 4 heteroatoms. The van der Waals surface area contributed by atoms with E-state index in [0.29, 0.717) is 12.8 Å². The van der Waals surface area contributed by atoms with Crippen molar-refractivity contribution in [3.05, 3.63) is 29.8 Å². The first-order valence-corrected chi connectivity index (χ1v) is 7.63. The van der Waals surface area contributed by atoms with Crippen LogP contribution in [-0.4, -0.2) is 30.3 Å². The molecule has 0 unspecified atom stereocenters. The summed E-state index contributed by atoms with van der Waals surface area (Å²) >= 11 is 0. The van der Waals surface area contributed by atoms with E-state index in [-0.39, 0.29) is 11.8 Å². The molecule has 2 rings (SSSR count). The summed E-state index contributed by atoms with van der Waals surface area (Å²) in [5.41, 5.74) is 1.02. The summed E-state index contributed by atoms with van der Waals surface area (Å²) in [4.78, 5) is 26.7. The highest BCUT2D eigenvalue weighted by Gasteiger charge is 2.57. The molecule has 1 fully saturated rings. The number of hydrogen-bond donors (Lipinski definition) is 1. The van der Waals surface area contributed by atoms with E-state index < -0.39 is 5.41 Å². The average Bonchev–Trinajstić information content (AvgIpc) is 3.25. The molecule has 0 atom stereocenters. The van der Waals surface area contributed by atoms with Crippen molar-refractivity contribution in [3.8, 4) is 0 Å². The van der Waals surface area contributed by atoms with Gasteiger partial charge in [0.25, 0.3) is 0 Å². The molecule has 0 bridgehead atoms. The third-order valence-corrected chi connectivity index (χ3v) is 4.06. The molecule has 1 saturated carbocycles. The third kappa shape index (κ3) is 3.43. The number of benzene rings is 1. The molecular formula is C17H24N2O2. The predicted octanol–water partition coefficient (Wildman–Crippen LogP) is 2.97.